The fourth-order valence-electron chi connectivity index (χ4n) is 4.23. The van der Waals surface area contributed by atoms with Crippen molar-refractivity contribution in [3.8, 4) is 5.75 Å². The molecule has 1 heterocycles. The molecule has 0 aromatic heterocycles. The number of β-amino-alcohol motifs (C(OH)–C–C–N with tert-alkyl or cyclic N) is 1. The van der Waals surface area contributed by atoms with Gasteiger partial charge in [-0.25, -0.2) is 13.5 Å². The molecule has 3 aromatic carbocycles. The van der Waals surface area contributed by atoms with Crippen LogP contribution in [-0.2, 0) is 0 Å². The normalized spacial score (nSPS) is 17.2. The van der Waals surface area contributed by atoms with Crippen molar-refractivity contribution in [1.29, 1.82) is 0 Å². The monoisotopic (exact) mass is 572 g/mol. The maximum absolute atomic E-state index is 13.4. The van der Waals surface area contributed by atoms with Crippen LogP contribution in [0.25, 0.3) is 0 Å². The summed E-state index contributed by atoms with van der Waals surface area (Å²) < 4.78 is 21.8. The Morgan fingerprint density at radius 1 is 1.15 bits per heavy atom. The molecule has 2 atom stereocenters. The summed E-state index contributed by atoms with van der Waals surface area (Å²) in [5, 5.41) is 15.7. The highest BCUT2D eigenvalue weighted by atomic mass is 35.5. The number of benzene rings is 3. The Kier molecular flexibility index (Phi) is 9.68. The van der Waals surface area contributed by atoms with Gasteiger partial charge in [-0.1, -0.05) is 24.6 Å². The Morgan fingerprint density at radius 3 is 2.56 bits per heavy atom. The van der Waals surface area contributed by atoms with Gasteiger partial charge in [0.15, 0.2) is 5.75 Å². The molecule has 1 aliphatic heterocycles. The van der Waals surface area contributed by atoms with E-state index in [0.29, 0.717) is 29.5 Å². The van der Waals surface area contributed by atoms with E-state index in [1.54, 1.807) is 23.1 Å². The Labute approximate surface area is 236 Å². The second-order valence-corrected chi connectivity index (χ2v) is 10.9. The molecule has 1 unspecified atom stereocenters. The third kappa shape index (κ3) is 7.63. The van der Waals surface area contributed by atoms with Crippen LogP contribution in [0, 0.1) is 11.7 Å². The number of urea groups is 1. The molecule has 3 aromatic rings. The van der Waals surface area contributed by atoms with Gasteiger partial charge in [-0.05, 0) is 79.7 Å². The zero-order valence-corrected chi connectivity index (χ0v) is 23.1. The third-order valence-electron chi connectivity index (χ3n) is 6.18. The molecule has 3 amide bonds. The van der Waals surface area contributed by atoms with E-state index < -0.39 is 11.8 Å². The van der Waals surface area contributed by atoms with Crippen molar-refractivity contribution in [3.63, 3.8) is 0 Å². The topological polar surface area (TPSA) is 94.1 Å². The van der Waals surface area contributed by atoms with Crippen LogP contribution in [-0.4, -0.2) is 65.6 Å². The number of hydrogen-bond acceptors (Lipinski definition) is 6. The number of fused-ring (bicyclic) bond motifs is 1. The van der Waals surface area contributed by atoms with Crippen molar-refractivity contribution >= 4 is 46.9 Å². The first kappa shape index (κ1) is 28.7. The molecule has 0 saturated heterocycles. The zero-order chi connectivity index (χ0) is 27.9. The largest absolute Gasteiger partial charge is 0.486 e. The zero-order valence-electron chi connectivity index (χ0n) is 21.6. The molecule has 0 spiro atoms. The number of amides is 3. The van der Waals surface area contributed by atoms with Crippen molar-refractivity contribution in [2.45, 2.75) is 17.9 Å². The lowest BCUT2D eigenvalue weighted by molar-refractivity contribution is 0.0517. The molecule has 11 heteroatoms. The minimum Gasteiger partial charge on any atom is -0.486 e. The van der Waals surface area contributed by atoms with Crippen molar-refractivity contribution in [2.24, 2.45) is 5.92 Å². The molecule has 1 aliphatic rings. The lowest BCUT2D eigenvalue weighted by Crippen LogP contribution is -2.46. The van der Waals surface area contributed by atoms with Crippen molar-refractivity contribution < 1.29 is 23.8 Å². The summed E-state index contributed by atoms with van der Waals surface area (Å²) in [7, 11) is 1.95. The molecular weight excluding hydrogens is 543 g/mol. The smallest absolute Gasteiger partial charge is 0.323 e. The lowest BCUT2D eigenvalue weighted by Gasteiger charge is -2.36. The van der Waals surface area contributed by atoms with Crippen LogP contribution in [0.2, 0.25) is 5.02 Å². The Hall–Kier alpha value is -3.31. The number of likely N-dealkylation sites (N-methyl/N-ethyl adjacent to an activating group) is 1. The first-order valence-electron chi connectivity index (χ1n) is 12.4. The number of carbonyl (C=O) groups excluding carboxylic acids is 2. The molecule has 3 N–H and O–H groups in total. The highest BCUT2D eigenvalue weighted by molar-refractivity contribution is 7.97. The van der Waals surface area contributed by atoms with E-state index in [9.17, 15) is 19.1 Å². The predicted molar refractivity (Wildman–Crippen MR) is 152 cm³/mol. The number of aliphatic hydroxyl groups is 1. The van der Waals surface area contributed by atoms with E-state index in [4.69, 9.17) is 16.3 Å². The van der Waals surface area contributed by atoms with E-state index in [-0.39, 0.29) is 42.4 Å². The summed E-state index contributed by atoms with van der Waals surface area (Å²) in [5.41, 5.74) is 1.01. The van der Waals surface area contributed by atoms with E-state index in [2.05, 4.69) is 10.6 Å². The summed E-state index contributed by atoms with van der Waals surface area (Å²) in [5.74, 6) is -0.552. The minimum absolute atomic E-state index is 0.0944. The molecule has 0 bridgehead atoms. The Bertz CT molecular complexity index is 1300. The lowest BCUT2D eigenvalue weighted by atomic mass is 10.0. The number of rotatable bonds is 8. The Morgan fingerprint density at radius 2 is 1.87 bits per heavy atom. The van der Waals surface area contributed by atoms with E-state index in [1.807, 2.05) is 42.5 Å². The van der Waals surface area contributed by atoms with Crippen LogP contribution < -0.4 is 15.4 Å². The molecule has 0 saturated carbocycles. The third-order valence-corrected chi connectivity index (χ3v) is 7.37. The van der Waals surface area contributed by atoms with Gasteiger partial charge in [-0.2, -0.15) is 0 Å². The van der Waals surface area contributed by atoms with Crippen LogP contribution in [0.3, 0.4) is 0 Å². The van der Waals surface area contributed by atoms with Gasteiger partial charge in [0.05, 0.1) is 17.9 Å². The van der Waals surface area contributed by atoms with E-state index in [0.717, 1.165) is 4.90 Å². The van der Waals surface area contributed by atoms with Gasteiger partial charge in [-0.3, -0.25) is 4.79 Å². The quantitative estimate of drug-likeness (QED) is 0.305. The van der Waals surface area contributed by atoms with Gasteiger partial charge < -0.3 is 25.4 Å². The molecule has 39 heavy (non-hydrogen) atoms. The first-order valence-corrected chi connectivity index (χ1v) is 13.6. The van der Waals surface area contributed by atoms with Crippen molar-refractivity contribution in [1.82, 2.24) is 9.21 Å². The van der Waals surface area contributed by atoms with Gasteiger partial charge in [0.25, 0.3) is 5.91 Å². The molecule has 206 valence electrons. The fourth-order valence-corrected chi connectivity index (χ4v) is 5.20. The average Bonchev–Trinajstić information content (AvgIpc) is 2.90. The maximum atomic E-state index is 13.4. The molecule has 8 nitrogen and oxygen atoms in total. The number of halogens is 2. The van der Waals surface area contributed by atoms with Gasteiger partial charge in [-0.15, -0.1) is 0 Å². The average molecular weight is 573 g/mol. The SMILES string of the molecule is CC1CN(CCO)C(=O)c2cccc(NC(=O)Nc3ccc(F)cc3)c2O[C@H]1CN(C)Sc1ccc(Cl)cc1. The second kappa shape index (κ2) is 13.2. The van der Waals surface area contributed by atoms with Crippen molar-refractivity contribution in [3.05, 3.63) is 83.1 Å². The summed E-state index contributed by atoms with van der Waals surface area (Å²) >= 11 is 7.55. The number of anilines is 2. The number of nitrogens with one attached hydrogen (secondary N) is 2. The molecule has 0 fully saturated rings. The fraction of sp³-hybridized carbons (Fsp3) is 0.286. The highest BCUT2D eigenvalue weighted by Gasteiger charge is 2.33. The first-order chi connectivity index (χ1) is 18.7. The maximum Gasteiger partial charge on any atom is 0.323 e. The van der Waals surface area contributed by atoms with Crippen LogP contribution >= 0.6 is 23.5 Å². The van der Waals surface area contributed by atoms with Gasteiger partial charge in [0.2, 0.25) is 0 Å². The second-order valence-electron chi connectivity index (χ2n) is 9.23. The van der Waals surface area contributed by atoms with E-state index >= 15 is 0 Å². The van der Waals surface area contributed by atoms with E-state index in [1.165, 1.54) is 36.2 Å². The molecule has 0 radical (unpaired) electrons. The van der Waals surface area contributed by atoms with Crippen molar-refractivity contribution in [2.75, 3.05) is 43.9 Å². The van der Waals surface area contributed by atoms with Gasteiger partial charge in [0, 0.05) is 41.2 Å². The van der Waals surface area contributed by atoms with Crippen LogP contribution in [0.5, 0.6) is 5.75 Å². The minimum atomic E-state index is -0.569. The number of para-hydroxylation sites is 1. The summed E-state index contributed by atoms with van der Waals surface area (Å²) in [6, 6.07) is 17.3. The van der Waals surface area contributed by atoms with Gasteiger partial charge >= 0.3 is 6.03 Å². The standard InChI is InChI=1S/C28H30ClFN4O4S/c1-18-16-34(14-15-35)27(36)23-4-3-5-24(32-28(37)31-21-10-8-20(30)9-11-21)26(23)38-25(18)17-33(2)39-22-12-6-19(29)7-13-22/h3-13,18,25,35H,14-17H2,1-2H3,(H2,31,32,37)/t18?,25-/m0/s1. The summed E-state index contributed by atoms with van der Waals surface area (Å²) in [6.45, 7) is 2.89. The number of aliphatic hydroxyl groups excluding tert-OH is 1. The van der Waals surface area contributed by atoms with Gasteiger partial charge in [0.1, 0.15) is 11.9 Å². The number of hydrogen-bond donors (Lipinski definition) is 3. The summed E-state index contributed by atoms with van der Waals surface area (Å²) in [4.78, 5) is 28.8. The summed E-state index contributed by atoms with van der Waals surface area (Å²) in [6.07, 6.45) is -0.356. The number of ether oxygens (including phenoxy) is 1. The number of carbonyl (C=O) groups is 2. The van der Waals surface area contributed by atoms with Crippen LogP contribution in [0.15, 0.2) is 71.6 Å². The molecule has 4 rings (SSSR count). The number of nitrogens with zero attached hydrogens (tertiary/aromatic N) is 2. The molecular formula is C28H30ClFN4O4S. The Balaban J connectivity index is 1.59. The van der Waals surface area contributed by atoms with Crippen LogP contribution in [0.1, 0.15) is 17.3 Å². The predicted octanol–water partition coefficient (Wildman–Crippen LogP) is 5.59. The highest BCUT2D eigenvalue weighted by Crippen LogP contribution is 2.35. The van der Waals surface area contributed by atoms with Crippen LogP contribution in [0.4, 0.5) is 20.6 Å². The molecule has 0 aliphatic carbocycles.